The van der Waals surface area contributed by atoms with E-state index in [0.717, 1.165) is 0 Å². The number of rotatable bonds is 2. The molecule has 18 heavy (non-hydrogen) atoms. The zero-order chi connectivity index (χ0) is 13.1. The number of pyridine rings is 1. The lowest BCUT2D eigenvalue weighted by molar-refractivity contribution is 0.462. The van der Waals surface area contributed by atoms with E-state index < -0.39 is 0 Å². The summed E-state index contributed by atoms with van der Waals surface area (Å²) in [6.07, 6.45) is 1.40. The average Bonchev–Trinajstić information content (AvgIpc) is 2.36. The Bertz CT molecular complexity index is 638. The summed E-state index contributed by atoms with van der Waals surface area (Å²) in [4.78, 5) is 3.94. The first-order chi connectivity index (χ1) is 8.60. The summed E-state index contributed by atoms with van der Waals surface area (Å²) in [5.41, 5.74) is 6.15. The number of nitrogen functional groups attached to an aromatic ring is 1. The van der Waals surface area contributed by atoms with Gasteiger partial charge in [0, 0.05) is 11.1 Å². The number of aromatic nitrogens is 1. The number of benzene rings is 1. The molecule has 0 bridgehead atoms. The van der Waals surface area contributed by atoms with E-state index in [4.69, 9.17) is 38.9 Å². The van der Waals surface area contributed by atoms with Gasteiger partial charge in [-0.05, 0) is 18.2 Å². The van der Waals surface area contributed by atoms with Crippen LogP contribution in [0.25, 0.3) is 0 Å². The number of nitrogens with zero attached hydrogens (tertiary/aromatic N) is 2. The molecule has 0 aliphatic carbocycles. The maximum Gasteiger partial charge on any atom is 0.237 e. The Morgan fingerprint density at radius 2 is 2.06 bits per heavy atom. The fourth-order valence-corrected chi connectivity index (χ4v) is 1.61. The van der Waals surface area contributed by atoms with Crippen LogP contribution in [0.1, 0.15) is 5.56 Å². The van der Waals surface area contributed by atoms with Gasteiger partial charge in [0.05, 0.1) is 16.9 Å². The minimum absolute atomic E-state index is 0.135. The molecule has 2 N–H and O–H groups in total. The highest BCUT2D eigenvalue weighted by molar-refractivity contribution is 6.34. The second-order valence-corrected chi connectivity index (χ2v) is 4.25. The number of hydrogen-bond acceptors (Lipinski definition) is 4. The van der Waals surface area contributed by atoms with Crippen molar-refractivity contribution in [1.82, 2.24) is 4.98 Å². The maximum absolute atomic E-state index is 8.96. The summed E-state index contributed by atoms with van der Waals surface area (Å²) in [6, 6.07) is 8.20. The summed E-state index contributed by atoms with van der Waals surface area (Å²) in [6.45, 7) is 0. The first kappa shape index (κ1) is 12.5. The minimum atomic E-state index is 0.135. The van der Waals surface area contributed by atoms with Gasteiger partial charge in [-0.1, -0.05) is 23.2 Å². The van der Waals surface area contributed by atoms with Gasteiger partial charge in [0.15, 0.2) is 0 Å². The van der Waals surface area contributed by atoms with Gasteiger partial charge in [0.1, 0.15) is 17.4 Å². The predicted molar refractivity (Wildman–Crippen MR) is 69.9 cm³/mol. The molecule has 0 saturated carbocycles. The third kappa shape index (κ3) is 2.65. The molecular formula is C12H7Cl2N3O. The van der Waals surface area contributed by atoms with Crippen molar-refractivity contribution >= 4 is 28.9 Å². The molecule has 0 amide bonds. The Balaban J connectivity index is 2.40. The number of anilines is 1. The van der Waals surface area contributed by atoms with Gasteiger partial charge in [-0.3, -0.25) is 0 Å². The lowest BCUT2D eigenvalue weighted by Gasteiger charge is -2.08. The molecule has 0 fully saturated rings. The monoisotopic (exact) mass is 279 g/mol. The molecule has 0 saturated heterocycles. The van der Waals surface area contributed by atoms with Crippen LogP contribution in [0.4, 0.5) is 5.69 Å². The zero-order valence-electron chi connectivity index (χ0n) is 9.02. The van der Waals surface area contributed by atoms with Crippen molar-refractivity contribution in [3.8, 4) is 17.7 Å². The standard InChI is InChI=1S/C12H7Cl2N3O/c13-8-1-2-10(14)11(4-8)18-12-7(5-15)3-9(16)6-17-12/h1-4,6H,16H2. The van der Waals surface area contributed by atoms with Crippen molar-refractivity contribution < 1.29 is 4.74 Å². The molecule has 0 aliphatic rings. The number of nitriles is 1. The van der Waals surface area contributed by atoms with Crippen molar-refractivity contribution in [2.24, 2.45) is 0 Å². The predicted octanol–water partition coefficient (Wildman–Crippen LogP) is 3.63. The van der Waals surface area contributed by atoms with Crippen LogP contribution in [-0.4, -0.2) is 4.98 Å². The fourth-order valence-electron chi connectivity index (χ4n) is 1.29. The molecule has 6 heteroatoms. The largest absolute Gasteiger partial charge is 0.436 e. The highest BCUT2D eigenvalue weighted by Gasteiger charge is 2.10. The molecular weight excluding hydrogens is 273 g/mol. The molecule has 0 aliphatic heterocycles. The highest BCUT2D eigenvalue weighted by atomic mass is 35.5. The van der Waals surface area contributed by atoms with Gasteiger partial charge in [0.2, 0.25) is 5.88 Å². The van der Waals surface area contributed by atoms with E-state index in [9.17, 15) is 0 Å². The fraction of sp³-hybridized carbons (Fsp3) is 0. The van der Waals surface area contributed by atoms with Gasteiger partial charge < -0.3 is 10.5 Å². The molecule has 1 aromatic heterocycles. The summed E-state index contributed by atoms with van der Waals surface area (Å²) in [7, 11) is 0. The Morgan fingerprint density at radius 3 is 2.78 bits per heavy atom. The lowest BCUT2D eigenvalue weighted by Crippen LogP contribution is -1.95. The van der Waals surface area contributed by atoms with Crippen molar-refractivity contribution in [1.29, 1.82) is 5.26 Å². The first-order valence-corrected chi connectivity index (χ1v) is 5.64. The second kappa shape index (κ2) is 5.13. The number of nitrogens with two attached hydrogens (primary N) is 1. The van der Waals surface area contributed by atoms with Gasteiger partial charge in [-0.2, -0.15) is 5.26 Å². The van der Waals surface area contributed by atoms with Crippen LogP contribution in [0, 0.1) is 11.3 Å². The van der Waals surface area contributed by atoms with E-state index in [-0.39, 0.29) is 11.4 Å². The van der Waals surface area contributed by atoms with Crippen LogP contribution < -0.4 is 10.5 Å². The van der Waals surface area contributed by atoms with E-state index in [0.29, 0.717) is 21.5 Å². The van der Waals surface area contributed by atoms with E-state index in [1.165, 1.54) is 12.3 Å². The van der Waals surface area contributed by atoms with Crippen molar-refractivity contribution in [2.75, 3.05) is 5.73 Å². The number of hydrogen-bond donors (Lipinski definition) is 1. The van der Waals surface area contributed by atoms with Gasteiger partial charge in [-0.25, -0.2) is 4.98 Å². The molecule has 4 nitrogen and oxygen atoms in total. The summed E-state index contributed by atoms with van der Waals surface area (Å²) >= 11 is 11.8. The zero-order valence-corrected chi connectivity index (χ0v) is 10.5. The van der Waals surface area contributed by atoms with Gasteiger partial charge >= 0.3 is 0 Å². The van der Waals surface area contributed by atoms with Crippen LogP contribution >= 0.6 is 23.2 Å². The van der Waals surface area contributed by atoms with Crippen molar-refractivity contribution in [3.05, 3.63) is 46.1 Å². The maximum atomic E-state index is 8.96. The summed E-state index contributed by atoms with van der Waals surface area (Å²) < 4.78 is 5.46. The Labute approximate surface area is 114 Å². The van der Waals surface area contributed by atoms with Crippen molar-refractivity contribution in [3.63, 3.8) is 0 Å². The van der Waals surface area contributed by atoms with Crippen LogP contribution in [0.2, 0.25) is 10.0 Å². The normalized spacial score (nSPS) is 9.83. The molecule has 0 atom stereocenters. The summed E-state index contributed by atoms with van der Waals surface area (Å²) in [5, 5.41) is 9.81. The van der Waals surface area contributed by atoms with Crippen LogP contribution in [0.15, 0.2) is 30.5 Å². The first-order valence-electron chi connectivity index (χ1n) is 4.88. The summed E-state index contributed by atoms with van der Waals surface area (Å²) in [5.74, 6) is 0.466. The molecule has 2 rings (SSSR count). The Morgan fingerprint density at radius 1 is 1.28 bits per heavy atom. The average molecular weight is 280 g/mol. The SMILES string of the molecule is N#Cc1cc(N)cnc1Oc1cc(Cl)ccc1Cl. The van der Waals surface area contributed by atoms with Crippen LogP contribution in [0.3, 0.4) is 0 Å². The van der Waals surface area contributed by atoms with Crippen LogP contribution in [-0.2, 0) is 0 Å². The molecule has 0 unspecified atom stereocenters. The molecule has 0 radical (unpaired) electrons. The van der Waals surface area contributed by atoms with Gasteiger partial charge in [-0.15, -0.1) is 0 Å². The Kier molecular flexibility index (Phi) is 3.56. The molecule has 1 aromatic carbocycles. The van der Waals surface area contributed by atoms with Gasteiger partial charge in [0.25, 0.3) is 0 Å². The molecule has 1 heterocycles. The number of halogens is 2. The quantitative estimate of drug-likeness (QED) is 0.911. The highest BCUT2D eigenvalue weighted by Crippen LogP contribution is 2.32. The van der Waals surface area contributed by atoms with E-state index in [1.807, 2.05) is 6.07 Å². The topological polar surface area (TPSA) is 71.9 Å². The smallest absolute Gasteiger partial charge is 0.237 e. The third-order valence-electron chi connectivity index (χ3n) is 2.09. The van der Waals surface area contributed by atoms with Crippen LogP contribution in [0.5, 0.6) is 11.6 Å². The lowest BCUT2D eigenvalue weighted by atomic mass is 10.2. The van der Waals surface area contributed by atoms with E-state index in [2.05, 4.69) is 4.98 Å². The Hall–Kier alpha value is -1.96. The second-order valence-electron chi connectivity index (χ2n) is 3.41. The molecule has 90 valence electrons. The van der Waals surface area contributed by atoms with Crippen molar-refractivity contribution in [2.45, 2.75) is 0 Å². The number of ether oxygens (including phenoxy) is 1. The van der Waals surface area contributed by atoms with E-state index >= 15 is 0 Å². The van der Waals surface area contributed by atoms with E-state index in [1.54, 1.807) is 18.2 Å². The minimum Gasteiger partial charge on any atom is -0.436 e. The molecule has 2 aromatic rings. The third-order valence-corrected chi connectivity index (χ3v) is 2.64. The molecule has 0 spiro atoms.